The number of urea groups is 1. The fraction of sp³-hybridized carbons (Fsp3) is 0.162. The Morgan fingerprint density at radius 1 is 0.396 bits per heavy atom. The van der Waals surface area contributed by atoms with Crippen molar-refractivity contribution >= 4 is 215 Å². The summed E-state index contributed by atoms with van der Waals surface area (Å²) in [6.45, 7) is 20.1. The Kier molecular flexibility index (Phi) is 32.7. The zero-order chi connectivity index (χ0) is 106. The smallest absolute Gasteiger partial charge is 0.332 e. The van der Waals surface area contributed by atoms with Crippen LogP contribution in [0.2, 0.25) is 0 Å². The second-order valence-corrected chi connectivity index (χ2v) is 36.0. The first kappa shape index (κ1) is 105. The van der Waals surface area contributed by atoms with E-state index >= 15 is 0 Å². The number of nitrogens with two attached hydrogens (primary N) is 4. The van der Waals surface area contributed by atoms with Gasteiger partial charge in [0.25, 0.3) is 0 Å². The van der Waals surface area contributed by atoms with Crippen LogP contribution in [0.4, 0.5) is 48.6 Å². The lowest BCUT2D eigenvalue weighted by atomic mass is 10.0. The van der Waals surface area contributed by atoms with Gasteiger partial charge in [0.1, 0.15) is 76.2 Å². The molecule has 6 aromatic carbocycles. The molecule has 50 heteroatoms. The molecule has 6 atom stereocenters. The Labute approximate surface area is 873 Å². The SMILES string of the molecule is C/C(=N\NC(N)=O)c1cnc2nnn(C(C)c3cc4cccnc4cc3F)c2n1.C=C(OCC)c1cnc2nnn(C(C)c3cc4cccnc4cc3F)c2n1.CC(=O)c1cnc2nnn(C(C)c3cc4cccnc4cc3F)c2n1.CC(N)c1cc2cccnc2cc1F.CC(Nc1nc(Br)cnc1N)c1cc2cccnc2cc1F.CC(c1cc2cccnc2cc1F)n1nnc2ncc(Br)nc21.Nc1ncc(Br)nc1Br. The van der Waals surface area contributed by atoms with Crippen molar-refractivity contribution in [3.05, 3.63) is 330 Å². The van der Waals surface area contributed by atoms with Gasteiger partial charge in [-0.3, -0.25) is 34.7 Å². The average Bonchev–Trinajstić information content (AvgIpc) is 1.69. The first-order valence-electron chi connectivity index (χ1n) is 45.0. The number of nitrogens with zero attached hydrogens (tertiary/aromatic N) is 31. The second kappa shape index (κ2) is 46.5. The van der Waals surface area contributed by atoms with Crippen LogP contribution in [-0.4, -0.2) is 174 Å². The molecule has 0 aliphatic carbocycles. The van der Waals surface area contributed by atoms with Gasteiger partial charge in [0.05, 0.1) is 113 Å². The number of hydrogen-bond acceptors (Lipinski definition) is 34. The number of nitrogens with one attached hydrogen (secondary N) is 2. The number of anilines is 3. The first-order chi connectivity index (χ1) is 71.6. The van der Waals surface area contributed by atoms with Gasteiger partial charge in [-0.25, -0.2) is 115 Å². The third-order valence-electron chi connectivity index (χ3n) is 22.8. The van der Waals surface area contributed by atoms with E-state index in [2.05, 4.69) is 217 Å². The molecule has 40 nitrogen and oxygen atoms in total. The van der Waals surface area contributed by atoms with Crippen LogP contribution in [0.25, 0.3) is 116 Å². The summed E-state index contributed by atoms with van der Waals surface area (Å²) in [6, 6.07) is 38.0. The van der Waals surface area contributed by atoms with E-state index in [0.29, 0.717) is 171 Å². The van der Waals surface area contributed by atoms with Crippen LogP contribution < -0.4 is 33.7 Å². The number of pyridine rings is 6. The highest BCUT2D eigenvalue weighted by molar-refractivity contribution is 9.11. The molecule has 0 spiro atoms. The van der Waals surface area contributed by atoms with E-state index < -0.39 is 35.8 Å². The Bertz CT molecular complexity index is 8840. The molecular weight excluding hydrogens is 2190 g/mol. The molecule has 10 N–H and O–H groups in total. The number of ketones is 1. The maximum Gasteiger partial charge on any atom is 0.332 e. The largest absolute Gasteiger partial charge is 0.492 e. The molecule has 0 radical (unpaired) electrons. The Hall–Kier alpha value is -17.1. The van der Waals surface area contributed by atoms with E-state index in [0.717, 1.165) is 32.3 Å². The Morgan fingerprint density at radius 3 is 1.05 bits per heavy atom. The van der Waals surface area contributed by atoms with Crippen LogP contribution in [0.3, 0.4) is 0 Å². The third-order valence-corrected chi connectivity index (χ3v) is 24.5. The number of nitrogen functional groups attached to an aromatic ring is 2. The highest BCUT2D eigenvalue weighted by Gasteiger charge is 2.27. The number of amides is 2. The van der Waals surface area contributed by atoms with Crippen molar-refractivity contribution in [3.8, 4) is 0 Å². The standard InChI is InChI=1S/C19H17FN6O.C18H16FN9O.C17H13FN6O.C15H10BrFN6.C15H13BrFN5.C11H11FN2.C4H3Br2N3/c1-4-27-12(3)17-10-22-18-19(23-17)26(25-24-18)11(2)14-8-13-6-5-7-21-16(13)9-15(14)20;1-9(24-26-18(20)29)15-8-22-16-17(23-15)28(27-25-16)10(2)12-6-11-4-3-5-21-14(11)7-13(12)19;1-9(12-6-11-4-3-5-19-14(11)7-13(12)18)24-17-16(22-23-24)20-8-15(21-17)10(2)25;1-8(23-15-14(21-22-23)19-7-13(16)20-15)10-5-9-3-2-4-18-12(9)6-11(10)17;1-8(21-15-14(18)20-7-13(16)22-15)10-5-9-3-2-4-19-12(9)6-11(10)17;1-7(13)9-5-8-3-2-4-14-11(8)6-10(9)12;5-2-1-8-4(7)3(6)9-2/h5-11H,3-4H2,1-2H3;3-8,10H,1-2H3,(H3,20,26,29);3-9H,1-2H3;2-8H,1H3;2-8H,1H3,(H2,18,20)(H,21,22);2-7H,13H2,1H3;1H,(H2,7,8)/b;24-9+;;;;;. The molecule has 0 saturated heterocycles. The van der Waals surface area contributed by atoms with Crippen molar-refractivity contribution in [2.75, 3.05) is 23.4 Å². The third kappa shape index (κ3) is 24.3. The van der Waals surface area contributed by atoms with Crippen LogP contribution in [0.15, 0.2) is 250 Å². The first-order valence-corrected chi connectivity index (χ1v) is 48.2. The maximum absolute atomic E-state index is 14.7. The maximum atomic E-state index is 14.7. The minimum Gasteiger partial charge on any atom is -0.492 e. The van der Waals surface area contributed by atoms with E-state index in [4.69, 9.17) is 27.7 Å². The molecule has 6 unspecified atom stereocenters. The molecular formula is C99H83Br4F6N37O3. The quantitative estimate of drug-likeness (QED) is 0.0153. The van der Waals surface area contributed by atoms with Crippen molar-refractivity contribution in [1.29, 1.82) is 0 Å². The predicted octanol–water partition coefficient (Wildman–Crippen LogP) is 19.1. The summed E-state index contributed by atoms with van der Waals surface area (Å²) in [5.74, 6) is -0.830. The predicted molar refractivity (Wildman–Crippen MR) is 562 cm³/mol. The highest BCUT2D eigenvalue weighted by atomic mass is 79.9. The number of carbonyl (C=O) groups is 2. The van der Waals surface area contributed by atoms with Gasteiger partial charge >= 0.3 is 6.03 Å². The summed E-state index contributed by atoms with van der Waals surface area (Å²) in [6.07, 6.45) is 18.7. The van der Waals surface area contributed by atoms with Crippen molar-refractivity contribution < 1.29 is 40.7 Å². The topological polar surface area (TPSA) is 539 Å². The summed E-state index contributed by atoms with van der Waals surface area (Å²) in [7, 11) is 0. The van der Waals surface area contributed by atoms with Crippen LogP contribution in [-0.2, 0) is 4.74 Å². The van der Waals surface area contributed by atoms with Crippen molar-refractivity contribution in [3.63, 3.8) is 0 Å². The van der Waals surface area contributed by atoms with Crippen LogP contribution in [0.5, 0.6) is 0 Å². The second-order valence-electron chi connectivity index (χ2n) is 32.8. The van der Waals surface area contributed by atoms with E-state index in [1.165, 1.54) is 77.5 Å². The number of ether oxygens (including phenoxy) is 1. The van der Waals surface area contributed by atoms with Crippen molar-refractivity contribution in [2.24, 2.45) is 16.6 Å². The van der Waals surface area contributed by atoms with Gasteiger partial charge in [0, 0.05) is 152 Å². The summed E-state index contributed by atoms with van der Waals surface area (Å²) in [5.41, 5.74) is 35.0. The number of hydrazone groups is 1. The van der Waals surface area contributed by atoms with Gasteiger partial charge in [0.2, 0.25) is 22.6 Å². The lowest BCUT2D eigenvalue weighted by Crippen LogP contribution is -2.25. The fourth-order valence-corrected chi connectivity index (χ4v) is 16.5. The molecule has 16 aromatic heterocycles. The number of carbonyl (C=O) groups excluding carboxylic acids is 2. The number of fused-ring (bicyclic) bond motifs is 10. The number of primary amides is 1. The van der Waals surface area contributed by atoms with E-state index in [1.807, 2.05) is 88.4 Å². The highest BCUT2D eigenvalue weighted by Crippen LogP contribution is 2.35. The number of rotatable bonds is 18. The fourth-order valence-electron chi connectivity index (χ4n) is 15.2. The van der Waals surface area contributed by atoms with E-state index in [1.54, 1.807) is 135 Å². The van der Waals surface area contributed by atoms with Gasteiger partial charge < -0.3 is 33.0 Å². The number of halogens is 10. The average molecular weight is 2270 g/mol. The molecule has 22 rings (SSSR count). The molecule has 16 heterocycles. The van der Waals surface area contributed by atoms with Crippen molar-refractivity contribution in [1.82, 2.24) is 155 Å². The lowest BCUT2D eigenvalue weighted by Gasteiger charge is -2.17. The zero-order valence-electron chi connectivity index (χ0n) is 79.8. The molecule has 2 amide bonds. The van der Waals surface area contributed by atoms with Crippen LogP contribution >= 0.6 is 63.7 Å². The van der Waals surface area contributed by atoms with Gasteiger partial charge in [-0.05, 0) is 192 Å². The molecule has 149 heavy (non-hydrogen) atoms. The molecule has 0 fully saturated rings. The van der Waals surface area contributed by atoms with Gasteiger partial charge in [-0.1, -0.05) is 63.8 Å². The number of Topliss-reactive ketones (excluding diaryl/α,β-unsaturated/α-hetero) is 1. The molecule has 0 aliphatic heterocycles. The summed E-state index contributed by atoms with van der Waals surface area (Å²) >= 11 is 12.8. The summed E-state index contributed by atoms with van der Waals surface area (Å²) < 4.78 is 100. The van der Waals surface area contributed by atoms with Gasteiger partial charge in [-0.2, -0.15) is 5.10 Å². The van der Waals surface area contributed by atoms with Crippen LogP contribution in [0, 0.1) is 34.9 Å². The Morgan fingerprint density at radius 2 is 0.698 bits per heavy atom. The molecule has 0 saturated carbocycles. The van der Waals surface area contributed by atoms with Crippen molar-refractivity contribution in [2.45, 2.75) is 98.6 Å². The molecule has 0 bridgehead atoms. The lowest BCUT2D eigenvalue weighted by molar-refractivity contribution is 0.101. The number of hydrogen-bond donors (Lipinski definition) is 6. The summed E-state index contributed by atoms with van der Waals surface area (Å²) in [4.78, 5) is 97.5. The van der Waals surface area contributed by atoms with Gasteiger partial charge in [0.15, 0.2) is 45.8 Å². The van der Waals surface area contributed by atoms with Crippen LogP contribution in [0.1, 0.15) is 154 Å². The van der Waals surface area contributed by atoms with E-state index in [9.17, 15) is 35.9 Å². The molecule has 22 aromatic rings. The van der Waals surface area contributed by atoms with E-state index in [-0.39, 0.29) is 58.7 Å². The summed E-state index contributed by atoms with van der Waals surface area (Å²) in [5, 5.41) is 44.4. The monoisotopic (exact) mass is 2270 g/mol. The Balaban J connectivity index is 0.000000126. The molecule has 752 valence electrons. The number of benzene rings is 6. The van der Waals surface area contributed by atoms with Gasteiger partial charge in [-0.15, -0.1) is 20.4 Å². The normalized spacial score (nSPS) is 12.5. The zero-order valence-corrected chi connectivity index (χ0v) is 86.2. The minimum atomic E-state index is -0.792. The number of aromatic nitrogens is 30. The minimum absolute atomic E-state index is 0.210. The molecule has 0 aliphatic rings.